The van der Waals surface area contributed by atoms with Gasteiger partial charge in [-0.3, -0.25) is 14.2 Å². The summed E-state index contributed by atoms with van der Waals surface area (Å²) < 4.78 is 33.8. The van der Waals surface area contributed by atoms with Gasteiger partial charge in [0.25, 0.3) is 7.82 Å². The van der Waals surface area contributed by atoms with Crippen LogP contribution < -0.4 is 4.89 Å². The maximum Gasteiger partial charge on any atom is 0.306 e. The van der Waals surface area contributed by atoms with Gasteiger partial charge in [0.2, 0.25) is 0 Å². The fraction of sp³-hybridized carbons (Fsp3) is 0.773. The Hall–Kier alpha value is -2.03. The van der Waals surface area contributed by atoms with Gasteiger partial charge in [0.05, 0.1) is 27.7 Å². The highest BCUT2D eigenvalue weighted by molar-refractivity contribution is 7.45. The second kappa shape index (κ2) is 36.6. The summed E-state index contributed by atoms with van der Waals surface area (Å²) in [6.07, 6.45) is 41.4. The van der Waals surface area contributed by atoms with Crippen molar-refractivity contribution in [2.45, 2.75) is 174 Å². The lowest BCUT2D eigenvalue weighted by Crippen LogP contribution is -2.37. The van der Waals surface area contributed by atoms with Gasteiger partial charge in [-0.05, 0) is 70.6 Å². The van der Waals surface area contributed by atoms with E-state index in [0.29, 0.717) is 30.3 Å². The van der Waals surface area contributed by atoms with E-state index in [2.05, 4.69) is 56.4 Å². The molecule has 0 aliphatic rings. The van der Waals surface area contributed by atoms with Crippen LogP contribution in [-0.2, 0) is 32.7 Å². The number of allylic oxidation sites excluding steroid dienone is 8. The van der Waals surface area contributed by atoms with Gasteiger partial charge in [-0.2, -0.15) is 0 Å². The number of rotatable bonds is 38. The molecular weight excluding hydrogens is 701 g/mol. The molecule has 0 aromatic carbocycles. The van der Waals surface area contributed by atoms with E-state index in [1.807, 2.05) is 27.2 Å². The molecule has 2 atom stereocenters. The van der Waals surface area contributed by atoms with Gasteiger partial charge in [0, 0.05) is 12.8 Å². The number of hydrogen-bond acceptors (Lipinski definition) is 8. The molecule has 0 rings (SSSR count). The number of esters is 2. The fourth-order valence-corrected chi connectivity index (χ4v) is 6.16. The van der Waals surface area contributed by atoms with Crippen LogP contribution in [0.3, 0.4) is 0 Å². The summed E-state index contributed by atoms with van der Waals surface area (Å²) in [6.45, 7) is 4.12. The lowest BCUT2D eigenvalue weighted by molar-refractivity contribution is -0.870. The van der Waals surface area contributed by atoms with E-state index in [4.69, 9.17) is 18.5 Å². The van der Waals surface area contributed by atoms with E-state index >= 15 is 0 Å². The molecule has 10 heteroatoms. The first-order valence-corrected chi connectivity index (χ1v) is 22.8. The first-order chi connectivity index (χ1) is 26.0. The molecule has 0 amide bonds. The lowest BCUT2D eigenvalue weighted by Gasteiger charge is -2.28. The Kier molecular flexibility index (Phi) is 35.2. The van der Waals surface area contributed by atoms with Crippen molar-refractivity contribution in [3.8, 4) is 0 Å². The van der Waals surface area contributed by atoms with Crippen LogP contribution in [0.5, 0.6) is 0 Å². The number of carbonyl (C=O) groups is 2. The number of carbonyl (C=O) groups excluding carboxylic acids is 2. The molecule has 0 aliphatic heterocycles. The molecule has 54 heavy (non-hydrogen) atoms. The van der Waals surface area contributed by atoms with Crippen molar-refractivity contribution in [3.63, 3.8) is 0 Å². The van der Waals surface area contributed by atoms with Gasteiger partial charge in [-0.1, -0.05) is 133 Å². The van der Waals surface area contributed by atoms with Gasteiger partial charge in [0.15, 0.2) is 6.10 Å². The minimum atomic E-state index is -4.64. The van der Waals surface area contributed by atoms with Crippen LogP contribution in [0.25, 0.3) is 0 Å². The average molecular weight is 782 g/mol. The predicted molar refractivity (Wildman–Crippen MR) is 222 cm³/mol. The van der Waals surface area contributed by atoms with Crippen molar-refractivity contribution in [3.05, 3.63) is 48.6 Å². The summed E-state index contributed by atoms with van der Waals surface area (Å²) in [5.41, 5.74) is 0. The monoisotopic (exact) mass is 782 g/mol. The van der Waals surface area contributed by atoms with Crippen molar-refractivity contribution in [1.29, 1.82) is 0 Å². The molecule has 0 saturated heterocycles. The van der Waals surface area contributed by atoms with Crippen molar-refractivity contribution >= 4 is 19.8 Å². The molecule has 0 aromatic rings. The predicted octanol–water partition coefficient (Wildman–Crippen LogP) is 11.3. The van der Waals surface area contributed by atoms with Crippen molar-refractivity contribution in [1.82, 2.24) is 0 Å². The largest absolute Gasteiger partial charge is 0.756 e. The molecule has 314 valence electrons. The van der Waals surface area contributed by atoms with Gasteiger partial charge in [-0.15, -0.1) is 0 Å². The second-order valence-electron chi connectivity index (χ2n) is 15.3. The van der Waals surface area contributed by atoms with E-state index < -0.39 is 32.5 Å². The lowest BCUT2D eigenvalue weighted by atomic mass is 10.1. The molecule has 0 spiro atoms. The maximum atomic E-state index is 12.6. The van der Waals surface area contributed by atoms with E-state index in [-0.39, 0.29) is 26.1 Å². The number of likely N-dealkylation sites (N-methyl/N-ethyl adjacent to an activating group) is 1. The Bertz CT molecular complexity index is 1070. The average Bonchev–Trinajstić information content (AvgIpc) is 3.12. The Morgan fingerprint density at radius 1 is 0.574 bits per heavy atom. The minimum Gasteiger partial charge on any atom is -0.756 e. The number of nitrogens with zero attached hydrogens (tertiary/aromatic N) is 1. The SMILES string of the molecule is CCCCCC/C=C\CCCCCCCC(=O)OC[C@H](COP(=O)([O-])OCC[N+](C)(C)C)OC(=O)CCC/C=C\C/C=C\C/C=C\CCCCCCCC. The molecular formula is C44H80NO8P. The van der Waals surface area contributed by atoms with Crippen molar-refractivity contribution in [2.24, 2.45) is 0 Å². The number of ether oxygens (including phenoxy) is 2. The summed E-state index contributed by atoms with van der Waals surface area (Å²) in [6, 6.07) is 0. The number of quaternary nitrogens is 1. The smallest absolute Gasteiger partial charge is 0.306 e. The van der Waals surface area contributed by atoms with Crippen molar-refractivity contribution < 1.29 is 42.1 Å². The van der Waals surface area contributed by atoms with Crippen molar-refractivity contribution in [2.75, 3.05) is 47.5 Å². The molecule has 0 aliphatic carbocycles. The molecule has 0 heterocycles. The third kappa shape index (κ3) is 39.7. The first-order valence-electron chi connectivity index (χ1n) is 21.3. The fourth-order valence-electron chi connectivity index (χ4n) is 5.43. The van der Waals surface area contributed by atoms with Crippen LogP contribution in [-0.4, -0.2) is 70.0 Å². The van der Waals surface area contributed by atoms with E-state index in [0.717, 1.165) is 51.4 Å². The standard InChI is InChI=1S/C44H80NO8P/c1-6-8-10-12-14-16-18-20-21-22-23-25-27-29-31-33-35-37-44(47)53-42(41-52-54(48,49)51-39-38-45(3,4)5)40-50-43(46)36-34-32-30-28-26-24-19-17-15-13-11-9-7-2/h17,19-21,23,25,29,31,42H,6-16,18,22,24,26-28,30,32-41H2,1-5H3/b19-17-,21-20-,25-23-,31-29-/t42-/m1/s1. The zero-order valence-corrected chi connectivity index (χ0v) is 36.0. The van der Waals surface area contributed by atoms with E-state index in [1.165, 1.54) is 70.6 Å². The molecule has 0 N–H and O–H groups in total. The molecule has 1 unspecified atom stereocenters. The third-order valence-corrected chi connectivity index (χ3v) is 9.79. The van der Waals surface area contributed by atoms with Gasteiger partial charge < -0.3 is 27.9 Å². The molecule has 0 bridgehead atoms. The van der Waals surface area contributed by atoms with E-state index in [9.17, 15) is 19.0 Å². The summed E-state index contributed by atoms with van der Waals surface area (Å²) >= 11 is 0. The second-order valence-corrected chi connectivity index (χ2v) is 16.8. The van der Waals surface area contributed by atoms with Crippen LogP contribution >= 0.6 is 7.82 Å². The normalized spacial score (nSPS) is 14.1. The summed E-state index contributed by atoms with van der Waals surface area (Å²) in [7, 11) is 1.12. The zero-order chi connectivity index (χ0) is 40.0. The molecule has 9 nitrogen and oxygen atoms in total. The maximum absolute atomic E-state index is 12.6. The topological polar surface area (TPSA) is 111 Å². The number of unbranched alkanes of at least 4 members (excludes halogenated alkanes) is 16. The molecule has 0 radical (unpaired) electrons. The highest BCUT2D eigenvalue weighted by Gasteiger charge is 2.21. The van der Waals surface area contributed by atoms with Crippen LogP contribution in [0.2, 0.25) is 0 Å². The van der Waals surface area contributed by atoms with Gasteiger partial charge in [0.1, 0.15) is 19.8 Å². The Morgan fingerprint density at radius 2 is 1.02 bits per heavy atom. The molecule has 0 fully saturated rings. The summed E-state index contributed by atoms with van der Waals surface area (Å²) in [5.74, 6) is -0.909. The van der Waals surface area contributed by atoms with Crippen LogP contribution in [0, 0.1) is 0 Å². The minimum absolute atomic E-state index is 0.0425. The quantitative estimate of drug-likeness (QED) is 0.0200. The Balaban J connectivity index is 4.49. The molecule has 0 saturated carbocycles. The highest BCUT2D eigenvalue weighted by atomic mass is 31.2. The van der Waals surface area contributed by atoms with Crippen LogP contribution in [0.15, 0.2) is 48.6 Å². The summed E-state index contributed by atoms with van der Waals surface area (Å²) in [5, 5.41) is 0. The third-order valence-electron chi connectivity index (χ3n) is 8.82. The number of phosphoric acid groups is 1. The van der Waals surface area contributed by atoms with Crippen LogP contribution in [0.1, 0.15) is 168 Å². The molecule has 0 aromatic heterocycles. The number of phosphoric ester groups is 1. The first kappa shape index (κ1) is 52.0. The Morgan fingerprint density at radius 3 is 1.57 bits per heavy atom. The zero-order valence-electron chi connectivity index (χ0n) is 35.2. The van der Waals surface area contributed by atoms with E-state index in [1.54, 1.807) is 0 Å². The highest BCUT2D eigenvalue weighted by Crippen LogP contribution is 2.38. The Labute approximate surface area is 331 Å². The van der Waals surface area contributed by atoms with Crippen LogP contribution in [0.4, 0.5) is 0 Å². The van der Waals surface area contributed by atoms with Gasteiger partial charge in [-0.25, -0.2) is 0 Å². The number of hydrogen-bond donors (Lipinski definition) is 0. The summed E-state index contributed by atoms with van der Waals surface area (Å²) in [4.78, 5) is 37.4. The van der Waals surface area contributed by atoms with Gasteiger partial charge >= 0.3 is 11.9 Å².